The average molecular weight is 269 g/mol. The molecular formula is C13H16FNO4. The number of hydrogen-bond acceptors (Lipinski definition) is 4. The number of carbonyl (C=O) groups excluding carboxylic acids is 1. The Kier molecular flexibility index (Phi) is 4.86. The van der Waals surface area contributed by atoms with Gasteiger partial charge in [0, 0.05) is 11.3 Å². The first kappa shape index (κ1) is 14.9. The zero-order valence-electron chi connectivity index (χ0n) is 10.8. The SMILES string of the molecule is CCCC(OC(=O)c1cc(N)c(C)c(F)c1)C(=O)O. The van der Waals surface area contributed by atoms with Gasteiger partial charge in [0.25, 0.3) is 0 Å². The summed E-state index contributed by atoms with van der Waals surface area (Å²) in [5.74, 6) is -2.75. The lowest BCUT2D eigenvalue weighted by Crippen LogP contribution is -2.27. The number of esters is 1. The van der Waals surface area contributed by atoms with Gasteiger partial charge in [-0.3, -0.25) is 0 Å². The van der Waals surface area contributed by atoms with E-state index in [4.69, 9.17) is 15.6 Å². The van der Waals surface area contributed by atoms with E-state index in [1.165, 1.54) is 13.0 Å². The summed E-state index contributed by atoms with van der Waals surface area (Å²) >= 11 is 0. The molecule has 0 radical (unpaired) electrons. The molecule has 1 aromatic carbocycles. The third kappa shape index (κ3) is 3.67. The van der Waals surface area contributed by atoms with E-state index in [0.29, 0.717) is 6.42 Å². The van der Waals surface area contributed by atoms with Gasteiger partial charge in [-0.2, -0.15) is 0 Å². The zero-order chi connectivity index (χ0) is 14.6. The Bertz CT molecular complexity index is 478. The van der Waals surface area contributed by atoms with E-state index in [0.717, 1.165) is 6.07 Å². The number of aliphatic carboxylic acids is 1. The molecule has 0 aliphatic rings. The highest BCUT2D eigenvalue weighted by Gasteiger charge is 2.22. The second kappa shape index (κ2) is 6.17. The Morgan fingerprint density at radius 2 is 2.11 bits per heavy atom. The molecular weight excluding hydrogens is 253 g/mol. The summed E-state index contributed by atoms with van der Waals surface area (Å²) in [6.07, 6.45) is -0.484. The first-order valence-corrected chi connectivity index (χ1v) is 5.86. The van der Waals surface area contributed by atoms with Crippen molar-refractivity contribution >= 4 is 17.6 Å². The van der Waals surface area contributed by atoms with Crippen molar-refractivity contribution in [3.05, 3.63) is 29.1 Å². The van der Waals surface area contributed by atoms with Crippen molar-refractivity contribution in [1.29, 1.82) is 0 Å². The Morgan fingerprint density at radius 1 is 1.47 bits per heavy atom. The molecule has 0 aromatic heterocycles. The van der Waals surface area contributed by atoms with Crippen molar-refractivity contribution in [2.75, 3.05) is 5.73 Å². The fraction of sp³-hybridized carbons (Fsp3) is 0.385. The van der Waals surface area contributed by atoms with E-state index in [9.17, 15) is 14.0 Å². The van der Waals surface area contributed by atoms with Gasteiger partial charge >= 0.3 is 11.9 Å². The molecule has 0 aliphatic carbocycles. The van der Waals surface area contributed by atoms with Crippen LogP contribution in [0.4, 0.5) is 10.1 Å². The van der Waals surface area contributed by atoms with Crippen LogP contribution in [0.15, 0.2) is 12.1 Å². The van der Waals surface area contributed by atoms with Gasteiger partial charge in [0.2, 0.25) is 0 Å². The number of rotatable bonds is 5. The van der Waals surface area contributed by atoms with E-state index in [1.54, 1.807) is 6.92 Å². The van der Waals surface area contributed by atoms with Crippen molar-refractivity contribution in [1.82, 2.24) is 0 Å². The smallest absolute Gasteiger partial charge is 0.345 e. The van der Waals surface area contributed by atoms with Crippen LogP contribution in [0, 0.1) is 12.7 Å². The number of carbonyl (C=O) groups is 2. The standard InChI is InChI=1S/C13H16FNO4/c1-3-4-11(12(16)17)19-13(18)8-5-9(14)7(2)10(15)6-8/h5-6,11H,3-4,15H2,1-2H3,(H,16,17). The molecule has 1 aromatic rings. The van der Waals surface area contributed by atoms with E-state index >= 15 is 0 Å². The van der Waals surface area contributed by atoms with Crippen LogP contribution in [-0.2, 0) is 9.53 Å². The molecule has 0 saturated heterocycles. The molecule has 0 aliphatic heterocycles. The molecule has 3 N–H and O–H groups in total. The fourth-order valence-electron chi connectivity index (χ4n) is 1.51. The predicted octanol–water partition coefficient (Wildman–Crippen LogP) is 2.13. The minimum atomic E-state index is -1.23. The molecule has 0 fully saturated rings. The molecule has 1 atom stereocenters. The van der Waals surface area contributed by atoms with Gasteiger partial charge in [-0.05, 0) is 25.5 Å². The summed E-state index contributed by atoms with van der Waals surface area (Å²) in [5, 5.41) is 8.88. The lowest BCUT2D eigenvalue weighted by Gasteiger charge is -2.13. The highest BCUT2D eigenvalue weighted by atomic mass is 19.1. The Hall–Kier alpha value is -2.11. The van der Waals surface area contributed by atoms with Crippen LogP contribution in [0.1, 0.15) is 35.7 Å². The number of anilines is 1. The van der Waals surface area contributed by atoms with Crippen molar-refractivity contribution in [3.8, 4) is 0 Å². The second-order valence-corrected chi connectivity index (χ2v) is 4.19. The maximum Gasteiger partial charge on any atom is 0.345 e. The van der Waals surface area contributed by atoms with Gasteiger partial charge in [0.05, 0.1) is 5.56 Å². The lowest BCUT2D eigenvalue weighted by molar-refractivity contribution is -0.147. The maximum atomic E-state index is 13.4. The molecule has 0 heterocycles. The number of carboxylic acid groups (broad SMARTS) is 1. The number of nitrogens with two attached hydrogens (primary N) is 1. The largest absolute Gasteiger partial charge is 0.479 e. The molecule has 0 spiro atoms. The third-order valence-corrected chi connectivity index (χ3v) is 2.70. The summed E-state index contributed by atoms with van der Waals surface area (Å²) in [7, 11) is 0. The first-order valence-electron chi connectivity index (χ1n) is 5.86. The van der Waals surface area contributed by atoms with Crippen LogP contribution >= 0.6 is 0 Å². The fourth-order valence-corrected chi connectivity index (χ4v) is 1.51. The van der Waals surface area contributed by atoms with Gasteiger partial charge in [-0.15, -0.1) is 0 Å². The molecule has 1 rings (SSSR count). The number of ether oxygens (including phenoxy) is 1. The summed E-state index contributed by atoms with van der Waals surface area (Å²) in [5.41, 5.74) is 5.81. The highest BCUT2D eigenvalue weighted by Crippen LogP contribution is 2.19. The molecule has 0 bridgehead atoms. The van der Waals surface area contributed by atoms with Crippen molar-refractivity contribution < 1.29 is 23.8 Å². The summed E-state index contributed by atoms with van der Waals surface area (Å²) in [6, 6.07) is 2.25. The number of benzene rings is 1. The predicted molar refractivity (Wildman–Crippen MR) is 67.3 cm³/mol. The number of hydrogen-bond donors (Lipinski definition) is 2. The Morgan fingerprint density at radius 3 is 2.58 bits per heavy atom. The van der Waals surface area contributed by atoms with Crippen molar-refractivity contribution in [2.45, 2.75) is 32.8 Å². The number of halogens is 1. The summed E-state index contributed by atoms with van der Waals surface area (Å²) in [6.45, 7) is 3.25. The molecule has 6 heteroatoms. The van der Waals surface area contributed by atoms with Gasteiger partial charge < -0.3 is 15.6 Å². The van der Waals surface area contributed by atoms with Crippen LogP contribution in [0.3, 0.4) is 0 Å². The minimum Gasteiger partial charge on any atom is -0.479 e. The van der Waals surface area contributed by atoms with Crippen molar-refractivity contribution in [2.24, 2.45) is 0 Å². The Labute approximate surface area is 110 Å². The molecule has 0 saturated carbocycles. The van der Waals surface area contributed by atoms with E-state index in [1.807, 2.05) is 0 Å². The monoisotopic (exact) mass is 269 g/mol. The van der Waals surface area contributed by atoms with Crippen LogP contribution in [0.2, 0.25) is 0 Å². The number of nitrogen functional groups attached to an aromatic ring is 1. The molecule has 1 unspecified atom stereocenters. The van der Waals surface area contributed by atoms with Crippen LogP contribution in [-0.4, -0.2) is 23.1 Å². The zero-order valence-corrected chi connectivity index (χ0v) is 10.8. The highest BCUT2D eigenvalue weighted by molar-refractivity contribution is 5.92. The van der Waals surface area contributed by atoms with Gasteiger partial charge in [-0.25, -0.2) is 14.0 Å². The topological polar surface area (TPSA) is 89.6 Å². The Balaban J connectivity index is 2.91. The molecule has 104 valence electrons. The quantitative estimate of drug-likeness (QED) is 0.631. The summed E-state index contributed by atoms with van der Waals surface area (Å²) in [4.78, 5) is 22.6. The minimum absolute atomic E-state index is 0.0945. The first-order chi connectivity index (χ1) is 8.86. The third-order valence-electron chi connectivity index (χ3n) is 2.70. The van der Waals surface area contributed by atoms with E-state index in [2.05, 4.69) is 0 Å². The van der Waals surface area contributed by atoms with Gasteiger partial charge in [0.1, 0.15) is 5.82 Å². The molecule has 19 heavy (non-hydrogen) atoms. The molecule has 5 nitrogen and oxygen atoms in total. The van der Waals surface area contributed by atoms with Gasteiger partial charge in [-0.1, -0.05) is 13.3 Å². The van der Waals surface area contributed by atoms with E-state index < -0.39 is 23.9 Å². The lowest BCUT2D eigenvalue weighted by atomic mass is 10.1. The number of carboxylic acids is 1. The van der Waals surface area contributed by atoms with Gasteiger partial charge in [0.15, 0.2) is 6.10 Å². The maximum absolute atomic E-state index is 13.4. The summed E-state index contributed by atoms with van der Waals surface area (Å²) < 4.78 is 18.3. The van der Waals surface area contributed by atoms with Crippen LogP contribution in [0.5, 0.6) is 0 Å². The van der Waals surface area contributed by atoms with Crippen LogP contribution < -0.4 is 5.73 Å². The molecule has 0 amide bonds. The second-order valence-electron chi connectivity index (χ2n) is 4.19. The average Bonchev–Trinajstić information content (AvgIpc) is 2.34. The van der Waals surface area contributed by atoms with Crippen LogP contribution in [0.25, 0.3) is 0 Å². The normalized spacial score (nSPS) is 11.9. The van der Waals surface area contributed by atoms with Crippen molar-refractivity contribution in [3.63, 3.8) is 0 Å². The van der Waals surface area contributed by atoms with E-state index in [-0.39, 0.29) is 23.2 Å².